The molecule has 0 spiro atoms. The Kier molecular flexibility index (Phi) is 5.22. The second kappa shape index (κ2) is 7.74. The Hall–Kier alpha value is -3.28. The van der Waals surface area contributed by atoms with Crippen molar-refractivity contribution >= 4 is 28.5 Å². The summed E-state index contributed by atoms with van der Waals surface area (Å²) in [5, 5.41) is 6.52. The normalized spacial score (nSPS) is 11.8. The number of nitrogens with one attached hydrogen (secondary N) is 2. The maximum Gasteiger partial charge on any atom is 0.258 e. The fourth-order valence-corrected chi connectivity index (χ4v) is 2.56. The Balaban J connectivity index is 1.52. The van der Waals surface area contributed by atoms with Crippen LogP contribution in [0.1, 0.15) is 25.6 Å². The molecule has 2 aromatic carbocycles. The molecule has 0 unspecified atom stereocenters. The molecule has 134 valence electrons. The van der Waals surface area contributed by atoms with Crippen molar-refractivity contribution in [2.75, 3.05) is 11.9 Å². The summed E-state index contributed by atoms with van der Waals surface area (Å²) in [5.74, 6) is 0.853. The zero-order valence-electron chi connectivity index (χ0n) is 14.6. The summed E-state index contributed by atoms with van der Waals surface area (Å²) in [4.78, 5) is 23.1. The molecule has 0 saturated carbocycles. The van der Waals surface area contributed by atoms with Crippen LogP contribution in [-0.4, -0.2) is 18.4 Å². The van der Waals surface area contributed by atoms with Gasteiger partial charge in [-0.15, -0.1) is 0 Å². The third kappa shape index (κ3) is 4.42. The Morgan fingerprint density at radius 2 is 1.85 bits per heavy atom. The molecule has 0 aliphatic rings. The van der Waals surface area contributed by atoms with E-state index in [0.29, 0.717) is 17.2 Å². The molecule has 3 rings (SSSR count). The van der Waals surface area contributed by atoms with Crippen LogP contribution in [0, 0.1) is 0 Å². The smallest absolute Gasteiger partial charge is 0.258 e. The summed E-state index contributed by atoms with van der Waals surface area (Å²) in [6, 6.07) is 16.2. The molecule has 0 aliphatic carbocycles. The van der Waals surface area contributed by atoms with Crippen LogP contribution < -0.4 is 15.4 Å². The second-order valence-corrected chi connectivity index (χ2v) is 5.97. The van der Waals surface area contributed by atoms with Crippen molar-refractivity contribution in [1.82, 2.24) is 5.32 Å². The molecule has 0 radical (unpaired) electrons. The molecule has 6 heteroatoms. The molecule has 0 aliphatic heterocycles. The fourth-order valence-electron chi connectivity index (χ4n) is 2.56. The highest BCUT2D eigenvalue weighted by Crippen LogP contribution is 2.23. The minimum Gasteiger partial charge on any atom is -0.484 e. The highest BCUT2D eigenvalue weighted by molar-refractivity contribution is 5.88. The van der Waals surface area contributed by atoms with Crippen LogP contribution in [-0.2, 0) is 9.59 Å². The van der Waals surface area contributed by atoms with Crippen molar-refractivity contribution in [2.45, 2.75) is 19.9 Å². The first kappa shape index (κ1) is 17.5. The van der Waals surface area contributed by atoms with E-state index in [4.69, 9.17) is 9.15 Å². The SMILES string of the molecule is CC(=O)Nc1ccc(OCC(=O)N[C@H](C)c2cc3ccccc3o2)cc1. The van der Waals surface area contributed by atoms with Gasteiger partial charge in [0.05, 0.1) is 6.04 Å². The number of carbonyl (C=O) groups is 2. The van der Waals surface area contributed by atoms with Crippen LogP contribution in [0.2, 0.25) is 0 Å². The number of benzene rings is 2. The van der Waals surface area contributed by atoms with Gasteiger partial charge in [0, 0.05) is 18.0 Å². The monoisotopic (exact) mass is 352 g/mol. The van der Waals surface area contributed by atoms with Gasteiger partial charge in [0.2, 0.25) is 5.91 Å². The summed E-state index contributed by atoms with van der Waals surface area (Å²) in [6.45, 7) is 3.19. The first-order valence-electron chi connectivity index (χ1n) is 8.29. The van der Waals surface area contributed by atoms with Crippen LogP contribution >= 0.6 is 0 Å². The highest BCUT2D eigenvalue weighted by atomic mass is 16.5. The molecule has 6 nitrogen and oxygen atoms in total. The van der Waals surface area contributed by atoms with Gasteiger partial charge < -0.3 is 19.8 Å². The number of ether oxygens (including phenoxy) is 1. The number of fused-ring (bicyclic) bond motifs is 1. The second-order valence-electron chi connectivity index (χ2n) is 5.97. The summed E-state index contributed by atoms with van der Waals surface area (Å²) in [6.07, 6.45) is 0. The molecule has 2 amide bonds. The summed E-state index contributed by atoms with van der Waals surface area (Å²) in [5.41, 5.74) is 1.46. The maximum absolute atomic E-state index is 12.1. The van der Waals surface area contributed by atoms with Crippen LogP contribution in [0.15, 0.2) is 59.0 Å². The summed E-state index contributed by atoms with van der Waals surface area (Å²) < 4.78 is 11.2. The molecule has 1 heterocycles. The molecule has 3 aromatic rings. The largest absolute Gasteiger partial charge is 0.484 e. The van der Waals surface area contributed by atoms with E-state index in [-0.39, 0.29) is 24.5 Å². The van der Waals surface area contributed by atoms with E-state index in [1.807, 2.05) is 37.3 Å². The number of rotatable bonds is 6. The Bertz CT molecular complexity index is 882. The first-order chi connectivity index (χ1) is 12.5. The van der Waals surface area contributed by atoms with E-state index >= 15 is 0 Å². The number of furan rings is 1. The topological polar surface area (TPSA) is 80.6 Å². The maximum atomic E-state index is 12.1. The van der Waals surface area contributed by atoms with Gasteiger partial charge >= 0.3 is 0 Å². The van der Waals surface area contributed by atoms with E-state index < -0.39 is 0 Å². The molecule has 2 N–H and O–H groups in total. The van der Waals surface area contributed by atoms with Gasteiger partial charge in [-0.2, -0.15) is 0 Å². The lowest BCUT2D eigenvalue weighted by Crippen LogP contribution is -2.31. The van der Waals surface area contributed by atoms with Gasteiger partial charge in [-0.1, -0.05) is 18.2 Å². The van der Waals surface area contributed by atoms with Crippen LogP contribution in [0.3, 0.4) is 0 Å². The van der Waals surface area contributed by atoms with Gasteiger partial charge in [0.1, 0.15) is 17.1 Å². The van der Waals surface area contributed by atoms with E-state index in [2.05, 4.69) is 10.6 Å². The number of amides is 2. The van der Waals surface area contributed by atoms with Gasteiger partial charge in [-0.25, -0.2) is 0 Å². The van der Waals surface area contributed by atoms with Crippen molar-refractivity contribution in [2.24, 2.45) is 0 Å². The molecule has 0 fully saturated rings. The Morgan fingerprint density at radius 3 is 2.54 bits per heavy atom. The van der Waals surface area contributed by atoms with Gasteiger partial charge in [-0.05, 0) is 43.3 Å². The number of para-hydroxylation sites is 1. The third-order valence-electron chi connectivity index (χ3n) is 3.79. The number of carbonyl (C=O) groups excluding carboxylic acids is 2. The highest BCUT2D eigenvalue weighted by Gasteiger charge is 2.14. The average molecular weight is 352 g/mol. The number of hydrogen-bond acceptors (Lipinski definition) is 4. The molecular weight excluding hydrogens is 332 g/mol. The van der Waals surface area contributed by atoms with Crippen LogP contribution in [0.5, 0.6) is 5.75 Å². The Morgan fingerprint density at radius 1 is 1.12 bits per heavy atom. The minimum absolute atomic E-state index is 0.107. The summed E-state index contributed by atoms with van der Waals surface area (Å²) in [7, 11) is 0. The van der Waals surface area contributed by atoms with Gasteiger partial charge in [0.25, 0.3) is 5.91 Å². The quantitative estimate of drug-likeness (QED) is 0.710. The standard InChI is InChI=1S/C20H20N2O4/c1-13(19-11-15-5-3-4-6-18(15)26-19)21-20(24)12-25-17-9-7-16(8-10-17)22-14(2)23/h3-11,13H,12H2,1-2H3,(H,21,24)(H,22,23)/t13-/m1/s1. The Labute approximate surface area is 151 Å². The van der Waals surface area contributed by atoms with Crippen molar-refractivity contribution in [3.05, 3.63) is 60.4 Å². The van der Waals surface area contributed by atoms with E-state index in [0.717, 1.165) is 11.0 Å². The number of anilines is 1. The van der Waals surface area contributed by atoms with Crippen LogP contribution in [0.25, 0.3) is 11.0 Å². The summed E-state index contributed by atoms with van der Waals surface area (Å²) >= 11 is 0. The van der Waals surface area contributed by atoms with Gasteiger partial charge in [0.15, 0.2) is 6.61 Å². The zero-order chi connectivity index (χ0) is 18.5. The van der Waals surface area contributed by atoms with E-state index in [1.54, 1.807) is 24.3 Å². The first-order valence-corrected chi connectivity index (χ1v) is 8.29. The molecule has 0 bridgehead atoms. The van der Waals surface area contributed by atoms with Gasteiger partial charge in [-0.3, -0.25) is 9.59 Å². The van der Waals surface area contributed by atoms with E-state index in [1.165, 1.54) is 6.92 Å². The molecule has 26 heavy (non-hydrogen) atoms. The predicted molar refractivity (Wildman–Crippen MR) is 99.0 cm³/mol. The lowest BCUT2D eigenvalue weighted by molar-refractivity contribution is -0.123. The molecule has 1 aromatic heterocycles. The lowest BCUT2D eigenvalue weighted by Gasteiger charge is -2.12. The third-order valence-corrected chi connectivity index (χ3v) is 3.79. The molecule has 0 saturated heterocycles. The van der Waals surface area contributed by atoms with Crippen molar-refractivity contribution in [3.63, 3.8) is 0 Å². The lowest BCUT2D eigenvalue weighted by atomic mass is 10.2. The predicted octanol–water partition coefficient (Wildman–Crippen LogP) is 3.65. The fraction of sp³-hybridized carbons (Fsp3) is 0.200. The minimum atomic E-state index is -0.263. The van der Waals surface area contributed by atoms with Crippen molar-refractivity contribution in [3.8, 4) is 5.75 Å². The zero-order valence-corrected chi connectivity index (χ0v) is 14.6. The van der Waals surface area contributed by atoms with Crippen molar-refractivity contribution in [1.29, 1.82) is 0 Å². The number of hydrogen-bond donors (Lipinski definition) is 2. The van der Waals surface area contributed by atoms with E-state index in [9.17, 15) is 9.59 Å². The average Bonchev–Trinajstić information content (AvgIpc) is 3.05. The van der Waals surface area contributed by atoms with Crippen molar-refractivity contribution < 1.29 is 18.7 Å². The van der Waals surface area contributed by atoms with Crippen LogP contribution in [0.4, 0.5) is 5.69 Å². The molecule has 1 atom stereocenters. The molecular formula is C20H20N2O4.